The molecule has 2 heterocycles. The summed E-state index contributed by atoms with van der Waals surface area (Å²) in [6, 6.07) is 10.5. The van der Waals surface area contributed by atoms with Gasteiger partial charge in [-0.05, 0) is 31.7 Å². The largest absolute Gasteiger partial charge is 0.376 e. The van der Waals surface area contributed by atoms with Gasteiger partial charge in [-0.25, -0.2) is 4.79 Å². The van der Waals surface area contributed by atoms with E-state index in [-0.39, 0.29) is 11.7 Å². The average Bonchev–Trinajstić information content (AvgIpc) is 2.59. The number of aromatic amines is 2. The average molecular weight is 343 g/mol. The lowest BCUT2D eigenvalue weighted by atomic mass is 10.0. The van der Waals surface area contributed by atoms with Gasteiger partial charge in [-0.1, -0.05) is 30.3 Å². The number of nitrogens with one attached hydrogen (secondary N) is 2. The Balaban J connectivity index is 1.53. The van der Waals surface area contributed by atoms with E-state index in [4.69, 9.17) is 4.74 Å². The highest BCUT2D eigenvalue weighted by Crippen LogP contribution is 2.15. The minimum Gasteiger partial charge on any atom is -0.376 e. The Hall–Kier alpha value is -2.18. The van der Waals surface area contributed by atoms with Crippen molar-refractivity contribution in [2.24, 2.45) is 0 Å². The van der Waals surface area contributed by atoms with Gasteiger partial charge in [-0.2, -0.15) is 0 Å². The molecule has 3 rings (SSSR count). The predicted octanol–water partition coefficient (Wildman–Crippen LogP) is 1.60. The van der Waals surface area contributed by atoms with Crippen LogP contribution >= 0.6 is 0 Å². The van der Waals surface area contributed by atoms with Crippen molar-refractivity contribution >= 4 is 0 Å². The van der Waals surface area contributed by atoms with Gasteiger partial charge < -0.3 is 9.72 Å². The summed E-state index contributed by atoms with van der Waals surface area (Å²) in [6.45, 7) is 4.59. The quantitative estimate of drug-likeness (QED) is 0.835. The van der Waals surface area contributed by atoms with Crippen molar-refractivity contribution in [3.63, 3.8) is 0 Å². The number of nitrogens with zero attached hydrogens (tertiary/aromatic N) is 1. The lowest BCUT2D eigenvalue weighted by Gasteiger charge is -2.33. The van der Waals surface area contributed by atoms with Crippen LogP contribution < -0.4 is 11.2 Å². The zero-order valence-electron chi connectivity index (χ0n) is 14.6. The fourth-order valence-electron chi connectivity index (χ4n) is 3.32. The van der Waals surface area contributed by atoms with Gasteiger partial charge >= 0.3 is 5.69 Å². The van der Waals surface area contributed by atoms with E-state index in [0.717, 1.165) is 32.4 Å². The van der Waals surface area contributed by atoms with E-state index >= 15 is 0 Å². The smallest absolute Gasteiger partial charge is 0.325 e. The van der Waals surface area contributed by atoms with Crippen LogP contribution in [0.3, 0.4) is 0 Å². The molecule has 0 bridgehead atoms. The van der Waals surface area contributed by atoms with Crippen molar-refractivity contribution in [2.45, 2.75) is 38.8 Å². The van der Waals surface area contributed by atoms with Gasteiger partial charge in [0.1, 0.15) is 0 Å². The molecular formula is C19H25N3O3. The van der Waals surface area contributed by atoms with Crippen LogP contribution in [0.25, 0.3) is 0 Å². The molecular weight excluding hydrogens is 318 g/mol. The summed E-state index contributed by atoms with van der Waals surface area (Å²) in [5, 5.41) is 0. The first-order chi connectivity index (χ1) is 12.1. The maximum absolute atomic E-state index is 12.0. The molecule has 6 heteroatoms. The number of aryl methyl sites for hydroxylation is 2. The lowest BCUT2D eigenvalue weighted by molar-refractivity contribution is -0.0357. The third kappa shape index (κ3) is 4.90. The van der Waals surface area contributed by atoms with Crippen LogP contribution in [-0.4, -0.2) is 40.7 Å². The summed E-state index contributed by atoms with van der Waals surface area (Å²) in [5.74, 6) is 0. The molecule has 1 fully saturated rings. The molecule has 1 saturated heterocycles. The molecule has 1 atom stereocenters. The molecule has 1 aliphatic rings. The first kappa shape index (κ1) is 17.6. The van der Waals surface area contributed by atoms with Crippen LogP contribution in [0.15, 0.2) is 39.9 Å². The molecule has 0 radical (unpaired) electrons. The molecule has 2 aromatic rings. The number of ether oxygens (including phenoxy) is 1. The number of hydrogen-bond acceptors (Lipinski definition) is 4. The number of aromatic nitrogens is 2. The topological polar surface area (TPSA) is 78.2 Å². The second kappa shape index (κ2) is 8.27. The van der Waals surface area contributed by atoms with E-state index in [1.54, 1.807) is 6.92 Å². The zero-order valence-corrected chi connectivity index (χ0v) is 14.6. The number of morpholine rings is 1. The van der Waals surface area contributed by atoms with Gasteiger partial charge in [-0.3, -0.25) is 14.7 Å². The Morgan fingerprint density at radius 1 is 1.20 bits per heavy atom. The normalized spacial score (nSPS) is 18.4. The fraction of sp³-hybridized carbons (Fsp3) is 0.474. The summed E-state index contributed by atoms with van der Waals surface area (Å²) >= 11 is 0. The summed E-state index contributed by atoms with van der Waals surface area (Å²) in [6.07, 6.45) is 3.34. The van der Waals surface area contributed by atoms with Crippen molar-refractivity contribution in [3.8, 4) is 0 Å². The second-order valence-electron chi connectivity index (χ2n) is 6.62. The maximum Gasteiger partial charge on any atom is 0.325 e. The van der Waals surface area contributed by atoms with Gasteiger partial charge in [0.25, 0.3) is 5.56 Å². The van der Waals surface area contributed by atoms with Crippen LogP contribution in [0.2, 0.25) is 0 Å². The highest BCUT2D eigenvalue weighted by atomic mass is 16.5. The SMILES string of the molecule is Cc1[nH]c(=O)[nH]c(=O)c1CN1CCO[C@@H](CCCc2ccccc2)C1. The second-order valence-corrected chi connectivity index (χ2v) is 6.62. The molecule has 2 N–H and O–H groups in total. The molecule has 0 saturated carbocycles. The van der Waals surface area contributed by atoms with E-state index in [1.165, 1.54) is 5.56 Å². The number of H-pyrrole nitrogens is 2. The summed E-state index contributed by atoms with van der Waals surface area (Å²) in [5.41, 5.74) is 1.87. The number of benzene rings is 1. The van der Waals surface area contributed by atoms with E-state index in [2.05, 4.69) is 39.1 Å². The van der Waals surface area contributed by atoms with E-state index < -0.39 is 5.69 Å². The Kier molecular flexibility index (Phi) is 5.83. The Morgan fingerprint density at radius 2 is 2.00 bits per heavy atom. The van der Waals surface area contributed by atoms with Crippen molar-refractivity contribution < 1.29 is 4.74 Å². The molecule has 6 nitrogen and oxygen atoms in total. The first-order valence-corrected chi connectivity index (χ1v) is 8.82. The Morgan fingerprint density at radius 3 is 2.76 bits per heavy atom. The molecule has 1 aliphatic heterocycles. The van der Waals surface area contributed by atoms with Crippen LogP contribution in [0.4, 0.5) is 0 Å². The highest BCUT2D eigenvalue weighted by Gasteiger charge is 2.21. The van der Waals surface area contributed by atoms with Gasteiger partial charge in [0.2, 0.25) is 0 Å². The molecule has 134 valence electrons. The zero-order chi connectivity index (χ0) is 17.6. The van der Waals surface area contributed by atoms with E-state index in [0.29, 0.717) is 24.4 Å². The van der Waals surface area contributed by atoms with Crippen LogP contribution in [0, 0.1) is 6.92 Å². The molecule has 25 heavy (non-hydrogen) atoms. The monoisotopic (exact) mass is 343 g/mol. The molecule has 0 amide bonds. The lowest BCUT2D eigenvalue weighted by Crippen LogP contribution is -2.43. The Bertz CT molecular complexity index is 798. The van der Waals surface area contributed by atoms with Gasteiger partial charge in [0.05, 0.1) is 18.3 Å². The van der Waals surface area contributed by atoms with Crippen molar-refractivity contribution in [1.82, 2.24) is 14.9 Å². The van der Waals surface area contributed by atoms with E-state index in [1.807, 2.05) is 6.07 Å². The Labute approximate surface area is 146 Å². The van der Waals surface area contributed by atoms with Crippen LogP contribution in [0.1, 0.15) is 29.7 Å². The van der Waals surface area contributed by atoms with Gasteiger partial charge in [0, 0.05) is 25.3 Å². The highest BCUT2D eigenvalue weighted by molar-refractivity contribution is 5.15. The number of hydrogen-bond donors (Lipinski definition) is 2. The van der Waals surface area contributed by atoms with Crippen molar-refractivity contribution in [2.75, 3.05) is 19.7 Å². The molecule has 0 aliphatic carbocycles. The minimum absolute atomic E-state index is 0.194. The van der Waals surface area contributed by atoms with Crippen LogP contribution in [0.5, 0.6) is 0 Å². The minimum atomic E-state index is -0.452. The van der Waals surface area contributed by atoms with Gasteiger partial charge in [-0.15, -0.1) is 0 Å². The molecule has 0 spiro atoms. The summed E-state index contributed by atoms with van der Waals surface area (Å²) in [7, 11) is 0. The fourth-order valence-corrected chi connectivity index (χ4v) is 3.32. The molecule has 1 aromatic carbocycles. The predicted molar refractivity (Wildman–Crippen MR) is 96.8 cm³/mol. The third-order valence-electron chi connectivity index (χ3n) is 4.69. The first-order valence-electron chi connectivity index (χ1n) is 8.82. The molecule has 0 unspecified atom stereocenters. The van der Waals surface area contributed by atoms with Crippen molar-refractivity contribution in [1.29, 1.82) is 0 Å². The maximum atomic E-state index is 12.0. The van der Waals surface area contributed by atoms with Crippen LogP contribution in [-0.2, 0) is 17.7 Å². The third-order valence-corrected chi connectivity index (χ3v) is 4.69. The summed E-state index contributed by atoms with van der Waals surface area (Å²) in [4.78, 5) is 30.5. The molecule has 1 aromatic heterocycles. The summed E-state index contributed by atoms with van der Waals surface area (Å²) < 4.78 is 5.88. The van der Waals surface area contributed by atoms with Gasteiger partial charge in [0.15, 0.2) is 0 Å². The van der Waals surface area contributed by atoms with E-state index in [9.17, 15) is 9.59 Å². The standard InChI is InChI=1S/C19H25N3O3/c1-14-17(18(23)21-19(24)20-14)13-22-10-11-25-16(12-22)9-5-8-15-6-3-2-4-7-15/h2-4,6-7,16H,5,8-13H2,1H3,(H2,20,21,23,24)/t16-/m0/s1. The number of rotatable bonds is 6. The van der Waals surface area contributed by atoms with Crippen molar-refractivity contribution in [3.05, 3.63) is 68.0 Å².